The van der Waals surface area contributed by atoms with Crippen LogP contribution in [-0.2, 0) is 6.54 Å². The van der Waals surface area contributed by atoms with E-state index in [4.69, 9.17) is 4.74 Å². The molecule has 4 rings (SSSR count). The SMILES string of the molecule is C/C=C/C1=NC2=CN(Cc3ccc(-c4ccc(OC)cc4)cc3F)CCCC2=N1. The number of methoxy groups -OCH3 is 1. The number of ether oxygens (including phenoxy) is 1. The molecule has 4 nitrogen and oxygen atoms in total. The predicted octanol–water partition coefficient (Wildman–Crippen LogP) is 5.37. The molecule has 29 heavy (non-hydrogen) atoms. The summed E-state index contributed by atoms with van der Waals surface area (Å²) in [7, 11) is 1.63. The number of aliphatic imine (C=N–C) groups is 2. The van der Waals surface area contributed by atoms with Gasteiger partial charge >= 0.3 is 0 Å². The normalized spacial score (nSPS) is 16.2. The molecule has 0 spiro atoms. The van der Waals surface area contributed by atoms with E-state index in [1.807, 2.05) is 61.7 Å². The summed E-state index contributed by atoms with van der Waals surface area (Å²) in [6.07, 6.45) is 7.73. The Balaban J connectivity index is 1.53. The zero-order valence-corrected chi connectivity index (χ0v) is 16.7. The highest BCUT2D eigenvalue weighted by molar-refractivity contribution is 6.16. The summed E-state index contributed by atoms with van der Waals surface area (Å²) >= 11 is 0. The summed E-state index contributed by atoms with van der Waals surface area (Å²) < 4.78 is 20.0. The number of benzene rings is 2. The maximum absolute atomic E-state index is 14.8. The third-order valence-corrected chi connectivity index (χ3v) is 5.11. The van der Waals surface area contributed by atoms with Crippen LogP contribution in [0.4, 0.5) is 4.39 Å². The molecule has 0 aliphatic carbocycles. The van der Waals surface area contributed by atoms with Crippen LogP contribution in [0.25, 0.3) is 11.1 Å². The molecule has 0 fully saturated rings. The van der Waals surface area contributed by atoms with Gasteiger partial charge in [-0.25, -0.2) is 14.4 Å². The van der Waals surface area contributed by atoms with Gasteiger partial charge in [-0.05, 0) is 55.2 Å². The highest BCUT2D eigenvalue weighted by atomic mass is 19.1. The minimum absolute atomic E-state index is 0.195. The highest BCUT2D eigenvalue weighted by Crippen LogP contribution is 2.26. The second-order valence-corrected chi connectivity index (χ2v) is 7.15. The fourth-order valence-corrected chi connectivity index (χ4v) is 3.59. The smallest absolute Gasteiger partial charge is 0.152 e. The molecule has 0 unspecified atom stereocenters. The molecule has 0 bridgehead atoms. The van der Waals surface area contributed by atoms with Gasteiger partial charge in [0.25, 0.3) is 0 Å². The Hall–Kier alpha value is -3.21. The van der Waals surface area contributed by atoms with Gasteiger partial charge in [0.1, 0.15) is 17.3 Å². The zero-order chi connectivity index (χ0) is 20.2. The summed E-state index contributed by atoms with van der Waals surface area (Å²) in [5, 5.41) is 0. The van der Waals surface area contributed by atoms with Crippen molar-refractivity contribution in [3.63, 3.8) is 0 Å². The van der Waals surface area contributed by atoms with Gasteiger partial charge in [-0.1, -0.05) is 30.3 Å². The highest BCUT2D eigenvalue weighted by Gasteiger charge is 2.20. The molecule has 148 valence electrons. The molecule has 2 aromatic carbocycles. The number of hydrogen-bond donors (Lipinski definition) is 0. The van der Waals surface area contributed by atoms with Gasteiger partial charge in [-0.15, -0.1) is 0 Å². The lowest BCUT2D eigenvalue weighted by Gasteiger charge is -2.19. The topological polar surface area (TPSA) is 37.2 Å². The lowest BCUT2D eigenvalue weighted by molar-refractivity contribution is 0.360. The lowest BCUT2D eigenvalue weighted by atomic mass is 10.0. The maximum Gasteiger partial charge on any atom is 0.152 e. The quantitative estimate of drug-likeness (QED) is 0.690. The molecular weight excluding hydrogens is 365 g/mol. The molecule has 0 amide bonds. The third-order valence-electron chi connectivity index (χ3n) is 5.11. The van der Waals surface area contributed by atoms with Crippen LogP contribution >= 0.6 is 0 Å². The van der Waals surface area contributed by atoms with Crippen molar-refractivity contribution in [1.82, 2.24) is 4.90 Å². The van der Waals surface area contributed by atoms with Crippen LogP contribution < -0.4 is 4.74 Å². The first-order valence-electron chi connectivity index (χ1n) is 9.84. The molecule has 0 aromatic heterocycles. The van der Waals surface area contributed by atoms with Gasteiger partial charge < -0.3 is 9.64 Å². The predicted molar refractivity (Wildman–Crippen MR) is 116 cm³/mol. The van der Waals surface area contributed by atoms with Gasteiger partial charge in [0.2, 0.25) is 0 Å². The minimum Gasteiger partial charge on any atom is -0.497 e. The Bertz CT molecular complexity index is 1020. The van der Waals surface area contributed by atoms with Crippen LogP contribution in [0.3, 0.4) is 0 Å². The van der Waals surface area contributed by atoms with E-state index in [0.29, 0.717) is 12.1 Å². The van der Waals surface area contributed by atoms with Crippen LogP contribution in [0, 0.1) is 5.82 Å². The zero-order valence-electron chi connectivity index (χ0n) is 16.7. The monoisotopic (exact) mass is 389 g/mol. The Morgan fingerprint density at radius 3 is 2.62 bits per heavy atom. The summed E-state index contributed by atoms with van der Waals surface area (Å²) in [6.45, 7) is 3.33. The molecule has 2 aliphatic heterocycles. The average molecular weight is 389 g/mol. The summed E-state index contributed by atoms with van der Waals surface area (Å²) in [5.41, 5.74) is 4.41. The van der Waals surface area contributed by atoms with E-state index in [1.54, 1.807) is 13.2 Å². The first-order chi connectivity index (χ1) is 14.2. The molecule has 0 saturated heterocycles. The Morgan fingerprint density at radius 2 is 1.90 bits per heavy atom. The molecule has 2 heterocycles. The number of hydrogen-bond acceptors (Lipinski definition) is 4. The molecule has 0 atom stereocenters. The van der Waals surface area contributed by atoms with Gasteiger partial charge in [-0.2, -0.15) is 0 Å². The van der Waals surface area contributed by atoms with Crippen molar-refractivity contribution in [2.75, 3.05) is 13.7 Å². The van der Waals surface area contributed by atoms with Gasteiger partial charge in [-0.3, -0.25) is 0 Å². The van der Waals surface area contributed by atoms with E-state index in [1.165, 1.54) is 0 Å². The van der Waals surface area contributed by atoms with Crippen molar-refractivity contribution in [1.29, 1.82) is 0 Å². The Labute approximate surface area is 170 Å². The van der Waals surface area contributed by atoms with Gasteiger partial charge in [0.05, 0.1) is 12.8 Å². The molecular formula is C24H24FN3O. The summed E-state index contributed by atoms with van der Waals surface area (Å²) in [4.78, 5) is 11.3. The minimum atomic E-state index is -0.195. The average Bonchev–Trinajstić information content (AvgIpc) is 3.00. The van der Waals surface area contributed by atoms with Crippen molar-refractivity contribution in [3.05, 3.63) is 77.9 Å². The molecule has 0 saturated carbocycles. The van der Waals surface area contributed by atoms with Crippen LogP contribution in [0.1, 0.15) is 25.3 Å². The second kappa shape index (κ2) is 8.43. The van der Waals surface area contributed by atoms with Crippen molar-refractivity contribution in [3.8, 4) is 16.9 Å². The largest absolute Gasteiger partial charge is 0.497 e. The summed E-state index contributed by atoms with van der Waals surface area (Å²) in [6, 6.07) is 13.1. The Morgan fingerprint density at radius 1 is 1.10 bits per heavy atom. The molecule has 2 aromatic rings. The summed E-state index contributed by atoms with van der Waals surface area (Å²) in [5.74, 6) is 1.33. The van der Waals surface area contributed by atoms with Crippen LogP contribution in [0.2, 0.25) is 0 Å². The van der Waals surface area contributed by atoms with Gasteiger partial charge in [0, 0.05) is 24.9 Å². The third kappa shape index (κ3) is 4.29. The number of amidine groups is 1. The number of allylic oxidation sites excluding steroid dienone is 2. The van der Waals surface area contributed by atoms with Gasteiger partial charge in [0.15, 0.2) is 5.84 Å². The first kappa shape index (κ1) is 19.1. The van der Waals surface area contributed by atoms with E-state index < -0.39 is 0 Å². The van der Waals surface area contributed by atoms with Crippen molar-refractivity contribution >= 4 is 11.5 Å². The first-order valence-corrected chi connectivity index (χ1v) is 9.84. The number of fused-ring (bicyclic) bond motifs is 1. The van der Waals surface area contributed by atoms with Crippen LogP contribution in [0.5, 0.6) is 5.75 Å². The number of rotatable bonds is 5. The molecule has 5 heteroatoms. The number of halogens is 1. The lowest BCUT2D eigenvalue weighted by Crippen LogP contribution is -2.18. The maximum atomic E-state index is 14.8. The van der Waals surface area contributed by atoms with E-state index in [2.05, 4.69) is 14.9 Å². The molecule has 0 N–H and O–H groups in total. The van der Waals surface area contributed by atoms with Crippen LogP contribution in [-0.4, -0.2) is 30.1 Å². The second-order valence-electron chi connectivity index (χ2n) is 7.15. The van der Waals surface area contributed by atoms with Crippen LogP contribution in [0.15, 0.2) is 76.5 Å². The standard InChI is InChI=1S/C24H24FN3O/c1-3-5-24-26-22-6-4-13-28(16-23(22)27-24)15-19-8-7-18(14-21(19)25)17-9-11-20(29-2)12-10-17/h3,5,7-12,14,16H,4,6,13,15H2,1-2H3/b5-3+. The van der Waals surface area contributed by atoms with Crippen molar-refractivity contribution < 1.29 is 9.13 Å². The molecule has 0 radical (unpaired) electrons. The van der Waals surface area contributed by atoms with Crippen molar-refractivity contribution in [2.24, 2.45) is 9.98 Å². The van der Waals surface area contributed by atoms with E-state index in [-0.39, 0.29) is 5.82 Å². The molecule has 2 aliphatic rings. The van der Waals surface area contributed by atoms with E-state index >= 15 is 0 Å². The van der Waals surface area contributed by atoms with E-state index in [0.717, 1.165) is 53.5 Å². The number of nitrogens with zero attached hydrogens (tertiary/aromatic N) is 3. The fourth-order valence-electron chi connectivity index (χ4n) is 3.59. The van der Waals surface area contributed by atoms with E-state index in [9.17, 15) is 4.39 Å². The fraction of sp³-hybridized carbons (Fsp3) is 0.250. The van der Waals surface area contributed by atoms with Crippen molar-refractivity contribution in [2.45, 2.75) is 26.3 Å². The Kier molecular flexibility index (Phi) is 5.56.